The monoisotopic (exact) mass is 1240 g/mol. The second-order valence-corrected chi connectivity index (χ2v) is 29.5. The van der Waals surface area contributed by atoms with Gasteiger partial charge in [-0.1, -0.05) is 248 Å². The van der Waals surface area contributed by atoms with Crippen molar-refractivity contribution in [3.8, 4) is 56.1 Å². The molecule has 0 fully saturated rings. The Bertz CT molecular complexity index is 6440. The molecule has 19 aromatic rings. The Labute approximate surface area is 562 Å². The van der Waals surface area contributed by atoms with Gasteiger partial charge in [-0.25, -0.2) is 0 Å². The van der Waals surface area contributed by atoms with Crippen LogP contribution in [-0.2, 0) is 10.8 Å². The van der Waals surface area contributed by atoms with Gasteiger partial charge in [0.15, 0.2) is 0 Å². The zero-order valence-electron chi connectivity index (χ0n) is 55.0. The van der Waals surface area contributed by atoms with Crippen molar-refractivity contribution < 1.29 is 0 Å². The molecule has 4 aromatic heterocycles. The van der Waals surface area contributed by atoms with Gasteiger partial charge < -0.3 is 18.3 Å². The fraction of sp³-hybridized carbons (Fsp3) is 0.0870. The van der Waals surface area contributed by atoms with Crippen LogP contribution in [0.2, 0.25) is 0 Å². The van der Waals surface area contributed by atoms with Crippen LogP contribution in [0, 0.1) is 0 Å². The normalized spacial score (nSPS) is 13.0. The molecule has 21 rings (SSSR count). The standard InChI is InChI=1S/C92H65BN4/c1-91(2,3)57-43-45-79-70(51-57)71-52-58(92(4,5)6)53-74-89(71)96(79)83-49-56(85-80(94-75-37-20-16-32-64(75)65-33-17-21-38-76(65)94)41-24-42-81(85)95-77-39-22-18-34-66(77)67-35-19-23-40-78(67)95)50-84-88(83)93(74)73-48-55(60-28-11-10-27-59(60)54-25-8-7-9-26-54)47-72-87-82(97(84)90(72)73)46-44-69-63-31-13-12-29-61(63)62-30-14-15-36-68(62)86(69)87/h7-53H,1-6H3. The van der Waals surface area contributed by atoms with Gasteiger partial charge in [0.1, 0.15) is 0 Å². The minimum Gasteiger partial charge on any atom is -0.310 e. The van der Waals surface area contributed by atoms with Crippen molar-refractivity contribution in [2.45, 2.75) is 52.4 Å². The van der Waals surface area contributed by atoms with E-state index < -0.39 is 0 Å². The minimum atomic E-state index is -0.167. The average Bonchev–Trinajstić information content (AvgIpc) is 1.52. The molecule has 2 aliphatic rings. The van der Waals surface area contributed by atoms with Crippen LogP contribution < -0.4 is 16.4 Å². The van der Waals surface area contributed by atoms with E-state index in [0.717, 1.165) is 22.5 Å². The number of rotatable bonds is 5. The summed E-state index contributed by atoms with van der Waals surface area (Å²) < 4.78 is 10.6. The lowest BCUT2D eigenvalue weighted by atomic mass is 9.34. The molecule has 4 nitrogen and oxygen atoms in total. The Hall–Kier alpha value is -11.7. The molecule has 2 aliphatic heterocycles. The van der Waals surface area contributed by atoms with Crippen molar-refractivity contribution in [3.05, 3.63) is 296 Å². The molecule has 15 aromatic carbocycles. The van der Waals surface area contributed by atoms with Gasteiger partial charge in [-0.3, -0.25) is 0 Å². The molecule has 0 radical (unpaired) electrons. The highest BCUT2D eigenvalue weighted by Gasteiger charge is 2.43. The molecule has 0 aliphatic carbocycles. The Balaban J connectivity index is 0.997. The minimum absolute atomic E-state index is 0.0782. The van der Waals surface area contributed by atoms with Gasteiger partial charge in [0, 0.05) is 76.4 Å². The van der Waals surface area contributed by atoms with Gasteiger partial charge in [-0.15, -0.1) is 0 Å². The molecular weight excluding hydrogens is 1170 g/mol. The van der Waals surface area contributed by atoms with Crippen molar-refractivity contribution >= 4 is 143 Å². The largest absolute Gasteiger partial charge is 0.310 e. The third-order valence-corrected chi connectivity index (χ3v) is 22.2. The molecule has 0 bridgehead atoms. The van der Waals surface area contributed by atoms with E-state index in [1.165, 1.54) is 181 Å². The molecule has 0 saturated carbocycles. The summed E-state index contributed by atoms with van der Waals surface area (Å²) >= 11 is 0. The van der Waals surface area contributed by atoms with E-state index in [1.807, 2.05) is 0 Å². The highest BCUT2D eigenvalue weighted by atomic mass is 15.1. The third-order valence-electron chi connectivity index (χ3n) is 22.2. The molecule has 0 amide bonds. The number of hydrogen-bond acceptors (Lipinski definition) is 0. The predicted molar refractivity (Wildman–Crippen MR) is 415 cm³/mol. The molecular formula is C92H65BN4. The van der Waals surface area contributed by atoms with Gasteiger partial charge in [0.2, 0.25) is 0 Å². The van der Waals surface area contributed by atoms with E-state index in [9.17, 15) is 0 Å². The number of benzene rings is 15. The van der Waals surface area contributed by atoms with Crippen LogP contribution in [0.5, 0.6) is 0 Å². The Kier molecular flexibility index (Phi) is 11.0. The summed E-state index contributed by atoms with van der Waals surface area (Å²) in [6, 6.07) is 109. The SMILES string of the molecule is CC(C)(C)c1ccc2c(c1)c1cc(C(C)(C)C)cc3c1n2-c1cc(-c2c(-n4c5ccccc5c5ccccc54)cccc2-n2c4ccccc4c4ccccc42)cc2c1B3c1cc(-c3ccccc3-c3ccccc3)cc3c4c5c6ccccc6c6ccccc6c5ccc4n-2c13. The third kappa shape index (κ3) is 7.44. The van der Waals surface area contributed by atoms with Crippen molar-refractivity contribution in [3.63, 3.8) is 0 Å². The van der Waals surface area contributed by atoms with E-state index in [1.54, 1.807) is 0 Å². The first kappa shape index (κ1) is 54.7. The predicted octanol–water partition coefficient (Wildman–Crippen LogP) is 22.3. The fourth-order valence-corrected chi connectivity index (χ4v) is 17.9. The van der Waals surface area contributed by atoms with Crippen molar-refractivity contribution in [2.75, 3.05) is 0 Å². The van der Waals surface area contributed by atoms with Crippen LogP contribution >= 0.6 is 0 Å². The van der Waals surface area contributed by atoms with Crippen molar-refractivity contribution in [2.24, 2.45) is 0 Å². The first-order valence-electron chi connectivity index (χ1n) is 34.4. The maximum Gasteiger partial charge on any atom is 0.252 e. The molecule has 0 spiro atoms. The number of nitrogens with zero attached hydrogens (tertiary/aromatic N) is 4. The van der Waals surface area contributed by atoms with E-state index in [4.69, 9.17) is 0 Å². The van der Waals surface area contributed by atoms with Crippen LogP contribution in [0.25, 0.3) is 176 Å². The zero-order chi connectivity index (χ0) is 64.5. The molecule has 97 heavy (non-hydrogen) atoms. The second-order valence-electron chi connectivity index (χ2n) is 29.5. The van der Waals surface area contributed by atoms with Gasteiger partial charge in [-0.05, 0) is 172 Å². The lowest BCUT2D eigenvalue weighted by Gasteiger charge is -2.35. The quantitative estimate of drug-likeness (QED) is 0.121. The van der Waals surface area contributed by atoms with E-state index in [0.29, 0.717) is 0 Å². The smallest absolute Gasteiger partial charge is 0.252 e. The highest BCUT2D eigenvalue weighted by molar-refractivity contribution is 7.00. The van der Waals surface area contributed by atoms with Crippen LogP contribution in [0.1, 0.15) is 52.7 Å². The molecule has 0 unspecified atom stereocenters. The average molecular weight is 1240 g/mol. The van der Waals surface area contributed by atoms with Crippen molar-refractivity contribution in [1.82, 2.24) is 18.3 Å². The van der Waals surface area contributed by atoms with Gasteiger partial charge in [0.05, 0.1) is 44.5 Å². The molecule has 0 atom stereocenters. The number of fused-ring (bicyclic) bond motifs is 23. The molecule has 5 heteroatoms. The fourth-order valence-electron chi connectivity index (χ4n) is 17.9. The number of hydrogen-bond donors (Lipinski definition) is 0. The molecule has 0 saturated heterocycles. The molecule has 456 valence electrons. The van der Waals surface area contributed by atoms with Crippen LogP contribution in [0.4, 0.5) is 0 Å². The lowest BCUT2D eigenvalue weighted by Crippen LogP contribution is -2.59. The summed E-state index contributed by atoms with van der Waals surface area (Å²) in [5.41, 5.74) is 27.8. The van der Waals surface area contributed by atoms with Gasteiger partial charge in [-0.2, -0.15) is 0 Å². The Morgan fingerprint density at radius 1 is 0.247 bits per heavy atom. The first-order valence-corrected chi connectivity index (χ1v) is 34.4. The summed E-state index contributed by atoms with van der Waals surface area (Å²) in [7, 11) is 0. The maximum absolute atomic E-state index is 2.73. The summed E-state index contributed by atoms with van der Waals surface area (Å²) in [6.07, 6.45) is 0. The second kappa shape index (κ2) is 19.5. The molecule has 0 N–H and O–H groups in total. The summed E-state index contributed by atoms with van der Waals surface area (Å²) in [4.78, 5) is 0. The molecule has 6 heterocycles. The van der Waals surface area contributed by atoms with Crippen molar-refractivity contribution in [1.29, 1.82) is 0 Å². The topological polar surface area (TPSA) is 19.7 Å². The van der Waals surface area contributed by atoms with Crippen LogP contribution in [-0.4, -0.2) is 25.0 Å². The van der Waals surface area contributed by atoms with E-state index in [-0.39, 0.29) is 17.5 Å². The number of para-hydroxylation sites is 4. The number of aromatic nitrogens is 4. The highest BCUT2D eigenvalue weighted by Crippen LogP contribution is 2.50. The summed E-state index contributed by atoms with van der Waals surface area (Å²) in [5.74, 6) is 0. The first-order chi connectivity index (χ1) is 47.4. The van der Waals surface area contributed by atoms with Gasteiger partial charge in [0.25, 0.3) is 6.71 Å². The Morgan fingerprint density at radius 3 is 1.25 bits per heavy atom. The maximum atomic E-state index is 2.73. The lowest BCUT2D eigenvalue weighted by molar-refractivity contribution is 0.590. The van der Waals surface area contributed by atoms with Crippen LogP contribution in [0.15, 0.2) is 285 Å². The van der Waals surface area contributed by atoms with Gasteiger partial charge >= 0.3 is 0 Å². The van der Waals surface area contributed by atoms with E-state index in [2.05, 4.69) is 345 Å². The zero-order valence-corrected chi connectivity index (χ0v) is 55.0. The Morgan fingerprint density at radius 2 is 0.680 bits per heavy atom. The summed E-state index contributed by atoms with van der Waals surface area (Å²) in [5, 5.41) is 17.7. The van der Waals surface area contributed by atoms with Crippen LogP contribution in [0.3, 0.4) is 0 Å². The van der Waals surface area contributed by atoms with E-state index >= 15 is 0 Å². The summed E-state index contributed by atoms with van der Waals surface area (Å²) in [6.45, 7) is 14.1.